The van der Waals surface area contributed by atoms with E-state index >= 15 is 0 Å². The summed E-state index contributed by atoms with van der Waals surface area (Å²) < 4.78 is 2.93. The third-order valence-electron chi connectivity index (χ3n) is 2.82. The summed E-state index contributed by atoms with van der Waals surface area (Å²) in [5.74, 6) is 0.844. The standard InChI is InChI=1S/C14H14BrN5S/c1-2-5-16-11-9-20-8-7-17-12(20)14(19-11)21-13-10(15)4-3-6-18-13/h3-4,6-9,16H,2,5H2,1H3. The average molecular weight is 364 g/mol. The van der Waals surface area contributed by atoms with Crippen LogP contribution in [0.1, 0.15) is 13.3 Å². The summed E-state index contributed by atoms with van der Waals surface area (Å²) in [6.45, 7) is 3.02. The highest BCUT2D eigenvalue weighted by molar-refractivity contribution is 9.10. The van der Waals surface area contributed by atoms with E-state index in [0.29, 0.717) is 0 Å². The Morgan fingerprint density at radius 2 is 2.19 bits per heavy atom. The Balaban J connectivity index is 2.00. The molecule has 0 fully saturated rings. The molecular weight excluding hydrogens is 350 g/mol. The number of anilines is 1. The van der Waals surface area contributed by atoms with Crippen LogP contribution in [0.15, 0.2) is 51.4 Å². The van der Waals surface area contributed by atoms with Crippen molar-refractivity contribution in [2.75, 3.05) is 11.9 Å². The number of aromatic nitrogens is 4. The van der Waals surface area contributed by atoms with Crippen molar-refractivity contribution in [3.05, 3.63) is 41.4 Å². The van der Waals surface area contributed by atoms with Crippen LogP contribution in [0.3, 0.4) is 0 Å². The van der Waals surface area contributed by atoms with Gasteiger partial charge in [-0.3, -0.25) is 0 Å². The van der Waals surface area contributed by atoms with E-state index < -0.39 is 0 Å². The van der Waals surface area contributed by atoms with Crippen molar-refractivity contribution >= 4 is 39.2 Å². The van der Waals surface area contributed by atoms with E-state index in [1.807, 2.05) is 28.9 Å². The maximum Gasteiger partial charge on any atom is 0.170 e. The summed E-state index contributed by atoms with van der Waals surface area (Å²) in [6.07, 6.45) is 8.48. The molecule has 0 amide bonds. The minimum Gasteiger partial charge on any atom is -0.369 e. The molecule has 0 atom stereocenters. The van der Waals surface area contributed by atoms with E-state index in [4.69, 9.17) is 0 Å². The predicted molar refractivity (Wildman–Crippen MR) is 87.8 cm³/mol. The summed E-state index contributed by atoms with van der Waals surface area (Å²) in [5, 5.41) is 5.02. The van der Waals surface area contributed by atoms with Gasteiger partial charge in [0.2, 0.25) is 0 Å². The van der Waals surface area contributed by atoms with Crippen LogP contribution >= 0.6 is 27.7 Å². The van der Waals surface area contributed by atoms with Gasteiger partial charge >= 0.3 is 0 Å². The minimum atomic E-state index is 0.833. The van der Waals surface area contributed by atoms with Gasteiger partial charge in [-0.2, -0.15) is 0 Å². The summed E-state index contributed by atoms with van der Waals surface area (Å²) in [7, 11) is 0. The van der Waals surface area contributed by atoms with Gasteiger partial charge in [-0.05, 0) is 46.2 Å². The van der Waals surface area contributed by atoms with Gasteiger partial charge in [0.1, 0.15) is 15.9 Å². The molecule has 3 aromatic heterocycles. The number of halogens is 1. The molecule has 0 unspecified atom stereocenters. The second-order valence-corrected chi connectivity index (χ2v) is 6.24. The first-order valence-corrected chi connectivity index (χ1v) is 8.25. The van der Waals surface area contributed by atoms with Crippen molar-refractivity contribution in [2.24, 2.45) is 0 Å². The topological polar surface area (TPSA) is 55.1 Å². The van der Waals surface area contributed by atoms with Crippen LogP contribution in [0.25, 0.3) is 5.65 Å². The molecule has 0 aromatic carbocycles. The largest absolute Gasteiger partial charge is 0.369 e. The molecule has 0 bridgehead atoms. The van der Waals surface area contributed by atoms with Crippen molar-refractivity contribution in [1.82, 2.24) is 19.4 Å². The second-order valence-electron chi connectivity index (χ2n) is 4.41. The highest BCUT2D eigenvalue weighted by Crippen LogP contribution is 2.32. The molecule has 0 saturated heterocycles. The highest BCUT2D eigenvalue weighted by atomic mass is 79.9. The average Bonchev–Trinajstić information content (AvgIpc) is 2.96. The van der Waals surface area contributed by atoms with E-state index in [1.54, 1.807) is 12.4 Å². The van der Waals surface area contributed by atoms with Crippen molar-refractivity contribution in [2.45, 2.75) is 23.4 Å². The summed E-state index contributed by atoms with van der Waals surface area (Å²) in [5.41, 5.74) is 0.833. The summed E-state index contributed by atoms with van der Waals surface area (Å²) >= 11 is 5.02. The third kappa shape index (κ3) is 3.19. The Kier molecular flexibility index (Phi) is 4.40. The minimum absolute atomic E-state index is 0.833. The smallest absolute Gasteiger partial charge is 0.170 e. The molecule has 0 spiro atoms. The van der Waals surface area contributed by atoms with Crippen molar-refractivity contribution in [3.8, 4) is 0 Å². The lowest BCUT2D eigenvalue weighted by Gasteiger charge is -2.08. The van der Waals surface area contributed by atoms with Gasteiger partial charge in [-0.25, -0.2) is 15.0 Å². The fraction of sp³-hybridized carbons (Fsp3) is 0.214. The van der Waals surface area contributed by atoms with E-state index in [2.05, 4.69) is 43.1 Å². The Labute approximate surface area is 135 Å². The van der Waals surface area contributed by atoms with Gasteiger partial charge in [0.05, 0.1) is 10.7 Å². The maximum atomic E-state index is 4.65. The molecule has 7 heteroatoms. The molecule has 1 N–H and O–H groups in total. The lowest BCUT2D eigenvalue weighted by molar-refractivity contribution is 0.943. The van der Waals surface area contributed by atoms with Crippen LogP contribution in [0.4, 0.5) is 5.82 Å². The molecule has 5 nitrogen and oxygen atoms in total. The molecule has 108 valence electrons. The van der Waals surface area contributed by atoms with Crippen LogP contribution < -0.4 is 5.32 Å². The Bertz CT molecular complexity index is 758. The van der Waals surface area contributed by atoms with Gasteiger partial charge < -0.3 is 9.72 Å². The van der Waals surface area contributed by atoms with Crippen LogP contribution in [0.2, 0.25) is 0 Å². The molecule has 0 aliphatic carbocycles. The number of nitrogens with zero attached hydrogens (tertiary/aromatic N) is 4. The highest BCUT2D eigenvalue weighted by Gasteiger charge is 2.11. The molecule has 3 aromatic rings. The first-order valence-electron chi connectivity index (χ1n) is 6.64. The predicted octanol–water partition coefficient (Wildman–Crippen LogP) is 3.86. The molecular formula is C14H14BrN5S. The molecule has 0 saturated carbocycles. The van der Waals surface area contributed by atoms with E-state index in [0.717, 1.165) is 39.0 Å². The lowest BCUT2D eigenvalue weighted by Crippen LogP contribution is -2.04. The van der Waals surface area contributed by atoms with Crippen LogP contribution in [0.5, 0.6) is 0 Å². The van der Waals surface area contributed by atoms with Gasteiger partial charge in [-0.15, -0.1) is 0 Å². The lowest BCUT2D eigenvalue weighted by atomic mass is 10.5. The van der Waals surface area contributed by atoms with Crippen LogP contribution in [0, 0.1) is 0 Å². The third-order valence-corrected chi connectivity index (χ3v) is 4.71. The van der Waals surface area contributed by atoms with Crippen molar-refractivity contribution < 1.29 is 0 Å². The number of nitrogens with one attached hydrogen (secondary N) is 1. The van der Waals surface area contributed by atoms with E-state index in [1.165, 1.54) is 11.8 Å². The number of hydrogen-bond donors (Lipinski definition) is 1. The van der Waals surface area contributed by atoms with Gasteiger partial charge in [0, 0.05) is 25.1 Å². The number of hydrogen-bond acceptors (Lipinski definition) is 5. The Morgan fingerprint density at radius 1 is 1.29 bits per heavy atom. The molecule has 3 heterocycles. The van der Waals surface area contributed by atoms with Crippen molar-refractivity contribution in [3.63, 3.8) is 0 Å². The van der Waals surface area contributed by atoms with E-state index in [-0.39, 0.29) is 0 Å². The monoisotopic (exact) mass is 363 g/mol. The van der Waals surface area contributed by atoms with Gasteiger partial charge in [-0.1, -0.05) is 6.92 Å². The second kappa shape index (κ2) is 6.44. The van der Waals surface area contributed by atoms with Crippen LogP contribution in [-0.2, 0) is 0 Å². The molecule has 21 heavy (non-hydrogen) atoms. The molecule has 0 radical (unpaired) electrons. The molecule has 0 aliphatic heterocycles. The normalized spacial score (nSPS) is 11.0. The number of rotatable bonds is 5. The molecule has 3 rings (SSSR count). The number of imidazole rings is 1. The first-order chi connectivity index (χ1) is 10.3. The zero-order valence-electron chi connectivity index (χ0n) is 11.5. The van der Waals surface area contributed by atoms with Crippen molar-refractivity contribution in [1.29, 1.82) is 0 Å². The summed E-state index contributed by atoms with van der Waals surface area (Å²) in [4.78, 5) is 13.4. The first kappa shape index (κ1) is 14.3. The fourth-order valence-electron chi connectivity index (χ4n) is 1.85. The zero-order chi connectivity index (χ0) is 14.7. The Hall–Kier alpha value is -1.60. The zero-order valence-corrected chi connectivity index (χ0v) is 13.9. The maximum absolute atomic E-state index is 4.65. The quantitative estimate of drug-likeness (QED) is 0.745. The Morgan fingerprint density at radius 3 is 3.00 bits per heavy atom. The summed E-state index contributed by atoms with van der Waals surface area (Å²) in [6, 6.07) is 3.86. The van der Waals surface area contributed by atoms with E-state index in [9.17, 15) is 0 Å². The number of pyridine rings is 1. The van der Waals surface area contributed by atoms with Crippen LogP contribution in [-0.4, -0.2) is 25.9 Å². The van der Waals surface area contributed by atoms with Gasteiger partial charge in [0.15, 0.2) is 5.65 Å². The molecule has 0 aliphatic rings. The fourth-order valence-corrected chi connectivity index (χ4v) is 3.20. The number of fused-ring (bicyclic) bond motifs is 1. The van der Waals surface area contributed by atoms with Gasteiger partial charge in [0.25, 0.3) is 0 Å². The SMILES string of the molecule is CCCNc1cn2ccnc2c(Sc2ncccc2Br)n1.